The van der Waals surface area contributed by atoms with Crippen molar-refractivity contribution < 1.29 is 9.13 Å². The smallest absolute Gasteiger partial charge is 0.123 e. The average Bonchev–Trinajstić information content (AvgIpc) is 2.30. The van der Waals surface area contributed by atoms with E-state index in [1.54, 1.807) is 12.1 Å². The maximum absolute atomic E-state index is 12.7. The first-order valence-corrected chi connectivity index (χ1v) is 5.68. The van der Waals surface area contributed by atoms with E-state index in [1.807, 2.05) is 0 Å². The van der Waals surface area contributed by atoms with Gasteiger partial charge in [0, 0.05) is 12.5 Å². The predicted molar refractivity (Wildman–Crippen MR) is 58.5 cm³/mol. The van der Waals surface area contributed by atoms with Gasteiger partial charge >= 0.3 is 0 Å². The number of rotatable bonds is 2. The summed E-state index contributed by atoms with van der Waals surface area (Å²) >= 11 is 6.33. The van der Waals surface area contributed by atoms with E-state index < -0.39 is 0 Å². The molecule has 2 atom stereocenters. The summed E-state index contributed by atoms with van der Waals surface area (Å²) in [4.78, 5) is 0. The van der Waals surface area contributed by atoms with Crippen molar-refractivity contribution in [3.63, 3.8) is 0 Å². The van der Waals surface area contributed by atoms with Crippen molar-refractivity contribution in [3.8, 4) is 0 Å². The second-order valence-corrected chi connectivity index (χ2v) is 4.40. The Balaban J connectivity index is 2.05. The fourth-order valence-corrected chi connectivity index (χ4v) is 2.26. The van der Waals surface area contributed by atoms with Crippen LogP contribution in [0.25, 0.3) is 0 Å². The molecule has 1 heterocycles. The summed E-state index contributed by atoms with van der Waals surface area (Å²) < 4.78 is 18.1. The molecule has 1 saturated heterocycles. The van der Waals surface area contributed by atoms with Gasteiger partial charge in [0.2, 0.25) is 0 Å². The number of benzene rings is 1. The maximum atomic E-state index is 12.7. The summed E-state index contributed by atoms with van der Waals surface area (Å²) in [6.07, 6.45) is 2.15. The first-order valence-electron chi connectivity index (χ1n) is 5.24. The van der Waals surface area contributed by atoms with E-state index in [2.05, 4.69) is 0 Å². The zero-order chi connectivity index (χ0) is 10.7. The second-order valence-electron chi connectivity index (χ2n) is 3.93. The molecule has 2 unspecified atom stereocenters. The Labute approximate surface area is 94.2 Å². The molecule has 1 aromatic carbocycles. The van der Waals surface area contributed by atoms with Crippen LogP contribution in [0.15, 0.2) is 24.3 Å². The molecule has 1 nitrogen and oxygen atoms in total. The zero-order valence-corrected chi connectivity index (χ0v) is 9.21. The van der Waals surface area contributed by atoms with Crippen molar-refractivity contribution in [1.82, 2.24) is 0 Å². The third-order valence-electron chi connectivity index (χ3n) is 2.80. The standard InChI is InChI=1S/C12H14ClFO/c13-12(10-2-1-7-15-8-10)9-3-5-11(14)6-4-9/h3-6,10,12H,1-2,7-8H2. The molecule has 0 aromatic heterocycles. The molecule has 1 aliphatic heterocycles. The fourth-order valence-electron chi connectivity index (χ4n) is 1.92. The number of ether oxygens (including phenoxy) is 1. The van der Waals surface area contributed by atoms with Crippen LogP contribution in [-0.2, 0) is 4.74 Å². The van der Waals surface area contributed by atoms with Crippen molar-refractivity contribution in [2.75, 3.05) is 13.2 Å². The van der Waals surface area contributed by atoms with Gasteiger partial charge in [-0.15, -0.1) is 11.6 Å². The quantitative estimate of drug-likeness (QED) is 0.704. The van der Waals surface area contributed by atoms with E-state index in [9.17, 15) is 4.39 Å². The Kier molecular flexibility index (Phi) is 3.60. The summed E-state index contributed by atoms with van der Waals surface area (Å²) in [6.45, 7) is 1.55. The lowest BCUT2D eigenvalue weighted by molar-refractivity contribution is 0.0531. The van der Waals surface area contributed by atoms with Crippen LogP contribution in [0.5, 0.6) is 0 Å². The predicted octanol–water partition coefficient (Wildman–Crippen LogP) is 3.53. The highest BCUT2D eigenvalue weighted by Crippen LogP contribution is 2.34. The van der Waals surface area contributed by atoms with Gasteiger partial charge in [0.25, 0.3) is 0 Å². The van der Waals surface area contributed by atoms with Crippen LogP contribution in [0.3, 0.4) is 0 Å². The van der Waals surface area contributed by atoms with Crippen molar-refractivity contribution in [1.29, 1.82) is 0 Å². The van der Waals surface area contributed by atoms with Crippen LogP contribution in [0.2, 0.25) is 0 Å². The highest BCUT2D eigenvalue weighted by atomic mass is 35.5. The van der Waals surface area contributed by atoms with Crippen LogP contribution in [0, 0.1) is 11.7 Å². The Bertz CT molecular complexity index is 306. The molecule has 0 aliphatic carbocycles. The molecule has 0 amide bonds. The van der Waals surface area contributed by atoms with Crippen LogP contribution in [0.1, 0.15) is 23.8 Å². The molecule has 0 radical (unpaired) electrons. The lowest BCUT2D eigenvalue weighted by Crippen LogP contribution is -2.21. The van der Waals surface area contributed by atoms with Crippen molar-refractivity contribution in [2.45, 2.75) is 18.2 Å². The van der Waals surface area contributed by atoms with E-state index in [4.69, 9.17) is 16.3 Å². The highest BCUT2D eigenvalue weighted by Gasteiger charge is 2.23. The molecular weight excluding hydrogens is 215 g/mol. The van der Waals surface area contributed by atoms with Gasteiger partial charge in [-0.1, -0.05) is 12.1 Å². The van der Waals surface area contributed by atoms with Crippen LogP contribution >= 0.6 is 11.6 Å². The first kappa shape index (κ1) is 10.9. The van der Waals surface area contributed by atoms with Gasteiger partial charge in [0.05, 0.1) is 12.0 Å². The second kappa shape index (κ2) is 4.95. The average molecular weight is 229 g/mol. The Morgan fingerprint density at radius 3 is 2.67 bits per heavy atom. The minimum Gasteiger partial charge on any atom is -0.381 e. The van der Waals surface area contributed by atoms with Gasteiger partial charge in [0.1, 0.15) is 5.82 Å². The maximum Gasteiger partial charge on any atom is 0.123 e. The van der Waals surface area contributed by atoms with Gasteiger partial charge in [-0.25, -0.2) is 4.39 Å². The topological polar surface area (TPSA) is 9.23 Å². The lowest BCUT2D eigenvalue weighted by Gasteiger charge is -2.26. The van der Waals surface area contributed by atoms with Crippen LogP contribution in [0.4, 0.5) is 4.39 Å². The largest absolute Gasteiger partial charge is 0.381 e. The number of halogens is 2. The molecule has 2 rings (SSSR count). The molecular formula is C12H14ClFO. The van der Waals surface area contributed by atoms with E-state index in [-0.39, 0.29) is 11.2 Å². The summed E-state index contributed by atoms with van der Waals surface area (Å²) in [5.74, 6) is 0.133. The van der Waals surface area contributed by atoms with E-state index in [1.165, 1.54) is 12.1 Å². The van der Waals surface area contributed by atoms with Crippen LogP contribution in [-0.4, -0.2) is 13.2 Å². The molecule has 0 saturated carbocycles. The van der Waals surface area contributed by atoms with Gasteiger partial charge in [0.15, 0.2) is 0 Å². The lowest BCUT2D eigenvalue weighted by atomic mass is 9.93. The van der Waals surface area contributed by atoms with E-state index >= 15 is 0 Å². The van der Waals surface area contributed by atoms with E-state index in [0.717, 1.165) is 25.0 Å². The third-order valence-corrected chi connectivity index (χ3v) is 3.41. The molecule has 82 valence electrons. The molecule has 0 bridgehead atoms. The van der Waals surface area contributed by atoms with Crippen molar-refractivity contribution >= 4 is 11.6 Å². The number of hydrogen-bond acceptors (Lipinski definition) is 1. The summed E-state index contributed by atoms with van der Waals surface area (Å²) in [5.41, 5.74) is 0.980. The number of hydrogen-bond donors (Lipinski definition) is 0. The van der Waals surface area contributed by atoms with E-state index in [0.29, 0.717) is 12.5 Å². The minimum atomic E-state index is -0.220. The molecule has 0 N–H and O–H groups in total. The third kappa shape index (κ3) is 2.70. The first-order chi connectivity index (χ1) is 7.27. The Hall–Kier alpha value is -0.600. The van der Waals surface area contributed by atoms with Crippen molar-refractivity contribution in [3.05, 3.63) is 35.6 Å². The molecule has 15 heavy (non-hydrogen) atoms. The molecule has 1 aliphatic rings. The molecule has 0 spiro atoms. The van der Waals surface area contributed by atoms with Crippen molar-refractivity contribution in [2.24, 2.45) is 5.92 Å². The van der Waals surface area contributed by atoms with Gasteiger partial charge in [-0.3, -0.25) is 0 Å². The SMILES string of the molecule is Fc1ccc(C(Cl)C2CCCOC2)cc1. The Morgan fingerprint density at radius 2 is 2.07 bits per heavy atom. The molecule has 3 heteroatoms. The molecule has 1 aromatic rings. The van der Waals surface area contributed by atoms with Gasteiger partial charge < -0.3 is 4.74 Å². The summed E-state index contributed by atoms with van der Waals surface area (Å²) in [7, 11) is 0. The Morgan fingerprint density at radius 1 is 1.33 bits per heavy atom. The summed E-state index contributed by atoms with van der Waals surface area (Å²) in [5, 5.41) is -0.0640. The minimum absolute atomic E-state index is 0.0640. The fraction of sp³-hybridized carbons (Fsp3) is 0.500. The normalized spacial score (nSPS) is 23.7. The zero-order valence-electron chi connectivity index (χ0n) is 8.46. The monoisotopic (exact) mass is 228 g/mol. The number of alkyl halides is 1. The highest BCUT2D eigenvalue weighted by molar-refractivity contribution is 6.21. The van der Waals surface area contributed by atoms with Crippen LogP contribution < -0.4 is 0 Å². The van der Waals surface area contributed by atoms with Gasteiger partial charge in [-0.05, 0) is 30.5 Å². The molecule has 1 fully saturated rings. The van der Waals surface area contributed by atoms with Gasteiger partial charge in [-0.2, -0.15) is 0 Å². The summed E-state index contributed by atoms with van der Waals surface area (Å²) in [6, 6.07) is 6.41.